The number of sulfonamides is 1. The van der Waals surface area contributed by atoms with Gasteiger partial charge in [0.2, 0.25) is 0 Å². The molecule has 0 radical (unpaired) electrons. The second-order valence-electron chi connectivity index (χ2n) is 9.47. The van der Waals surface area contributed by atoms with Crippen molar-refractivity contribution in [3.05, 3.63) is 72.2 Å². The summed E-state index contributed by atoms with van der Waals surface area (Å²) in [5.41, 5.74) is 4.75. The predicted octanol–water partition coefficient (Wildman–Crippen LogP) is 3.01. The Morgan fingerprint density at radius 1 is 1.06 bits per heavy atom. The summed E-state index contributed by atoms with van der Waals surface area (Å²) in [5, 5.41) is 10.3. The van der Waals surface area contributed by atoms with Crippen molar-refractivity contribution < 1.29 is 13.5 Å². The Hall–Kier alpha value is -2.52. The van der Waals surface area contributed by atoms with Gasteiger partial charge in [-0.3, -0.25) is 4.90 Å². The number of fused-ring (bicyclic) bond motifs is 1. The molecular formula is C26H32N4O3S. The monoisotopic (exact) mass is 480 g/mol. The summed E-state index contributed by atoms with van der Waals surface area (Å²) >= 11 is 0. The van der Waals surface area contributed by atoms with Crippen LogP contribution in [0.5, 0.6) is 0 Å². The molecule has 5 rings (SSSR count). The largest absolute Gasteiger partial charge is 0.395 e. The van der Waals surface area contributed by atoms with E-state index < -0.39 is 10.0 Å². The number of benzene rings is 2. The molecule has 0 bridgehead atoms. The van der Waals surface area contributed by atoms with Gasteiger partial charge >= 0.3 is 0 Å². The summed E-state index contributed by atoms with van der Waals surface area (Å²) in [6.45, 7) is 3.95. The quantitative estimate of drug-likeness (QED) is 0.607. The van der Waals surface area contributed by atoms with E-state index in [-0.39, 0.29) is 29.6 Å². The average Bonchev–Trinajstić information content (AvgIpc) is 3.26. The summed E-state index contributed by atoms with van der Waals surface area (Å²) < 4.78 is 30.0. The first-order chi connectivity index (χ1) is 16.4. The summed E-state index contributed by atoms with van der Waals surface area (Å²) in [5.74, 6) is 0.0791. The lowest BCUT2D eigenvalue weighted by Crippen LogP contribution is -2.67. The van der Waals surface area contributed by atoms with Crippen molar-refractivity contribution in [1.82, 2.24) is 18.8 Å². The van der Waals surface area contributed by atoms with Crippen LogP contribution in [0.25, 0.3) is 11.1 Å². The van der Waals surface area contributed by atoms with E-state index in [4.69, 9.17) is 0 Å². The second kappa shape index (κ2) is 9.26. The van der Waals surface area contributed by atoms with E-state index in [1.807, 2.05) is 12.1 Å². The molecule has 2 fully saturated rings. The molecule has 3 heterocycles. The lowest BCUT2D eigenvalue weighted by atomic mass is 9.74. The first kappa shape index (κ1) is 23.2. The van der Waals surface area contributed by atoms with Gasteiger partial charge in [0, 0.05) is 44.3 Å². The molecule has 2 saturated heterocycles. The van der Waals surface area contributed by atoms with Crippen LogP contribution in [0.4, 0.5) is 0 Å². The third kappa shape index (κ3) is 4.09. The Balaban J connectivity index is 1.43. The van der Waals surface area contributed by atoms with Crippen molar-refractivity contribution in [2.45, 2.75) is 42.8 Å². The maximum atomic E-state index is 13.4. The minimum Gasteiger partial charge on any atom is -0.395 e. The zero-order valence-corrected chi connectivity index (χ0v) is 20.5. The van der Waals surface area contributed by atoms with Crippen molar-refractivity contribution in [2.75, 3.05) is 26.2 Å². The van der Waals surface area contributed by atoms with Crippen molar-refractivity contribution in [2.24, 2.45) is 7.05 Å². The molecule has 0 aliphatic carbocycles. The summed E-state index contributed by atoms with van der Waals surface area (Å²) in [7, 11) is -1.89. The number of rotatable bonds is 5. The van der Waals surface area contributed by atoms with E-state index in [2.05, 4.69) is 53.2 Å². The van der Waals surface area contributed by atoms with Crippen LogP contribution in [0.3, 0.4) is 0 Å². The maximum absolute atomic E-state index is 13.4. The van der Waals surface area contributed by atoms with Crippen LogP contribution in [0.1, 0.15) is 29.9 Å². The Morgan fingerprint density at radius 3 is 2.47 bits per heavy atom. The lowest BCUT2D eigenvalue weighted by molar-refractivity contribution is -0.0554. The highest BCUT2D eigenvalue weighted by atomic mass is 32.2. The number of aromatic nitrogens is 2. The standard InChI is InChI=1S/C26H32N4O3S/c1-19-7-3-4-8-22(19)20-9-11-21(12-10-20)26-23-15-29(13-5-6-14-30(23)24(26)17-31)34(32,33)25-16-28(2)18-27-25/h3-4,7-12,16,18,23-24,26,31H,5-6,13-15,17H2,1-2H3/t23-,24-,26+/m0/s1. The van der Waals surface area contributed by atoms with E-state index in [0.717, 1.165) is 30.5 Å². The number of aliphatic hydroxyl groups is 1. The molecular weight excluding hydrogens is 448 g/mol. The fourth-order valence-electron chi connectivity index (χ4n) is 5.56. The highest BCUT2D eigenvalue weighted by Gasteiger charge is 2.50. The topological polar surface area (TPSA) is 78.7 Å². The van der Waals surface area contributed by atoms with Crippen molar-refractivity contribution in [1.29, 1.82) is 0 Å². The third-order valence-electron chi connectivity index (χ3n) is 7.37. The molecule has 3 aromatic rings. The van der Waals surface area contributed by atoms with Gasteiger partial charge in [-0.25, -0.2) is 13.4 Å². The molecule has 3 atom stereocenters. The van der Waals surface area contributed by atoms with Gasteiger partial charge in [-0.05, 0) is 48.6 Å². The Morgan fingerprint density at radius 2 is 1.79 bits per heavy atom. The van der Waals surface area contributed by atoms with E-state index >= 15 is 0 Å². The van der Waals surface area contributed by atoms with Gasteiger partial charge in [-0.2, -0.15) is 4.31 Å². The van der Waals surface area contributed by atoms with Crippen LogP contribution in [0.15, 0.2) is 66.1 Å². The Labute approximate surface area is 201 Å². The van der Waals surface area contributed by atoms with Gasteiger partial charge < -0.3 is 9.67 Å². The van der Waals surface area contributed by atoms with Crippen LogP contribution < -0.4 is 0 Å². The molecule has 7 nitrogen and oxygen atoms in total. The molecule has 2 aromatic carbocycles. The zero-order valence-electron chi connectivity index (χ0n) is 19.7. The van der Waals surface area contributed by atoms with Crippen molar-refractivity contribution >= 4 is 10.0 Å². The molecule has 0 unspecified atom stereocenters. The Bertz CT molecular complexity index is 1260. The second-order valence-corrected chi connectivity index (χ2v) is 11.4. The summed E-state index contributed by atoms with van der Waals surface area (Å²) in [4.78, 5) is 6.40. The van der Waals surface area contributed by atoms with Crippen molar-refractivity contribution in [3.63, 3.8) is 0 Å². The molecule has 0 saturated carbocycles. The number of aliphatic hydroxyl groups excluding tert-OH is 1. The summed E-state index contributed by atoms with van der Waals surface area (Å²) in [6, 6.07) is 16.9. The van der Waals surface area contributed by atoms with Gasteiger partial charge in [-0.1, -0.05) is 48.5 Å². The predicted molar refractivity (Wildman–Crippen MR) is 132 cm³/mol. The van der Waals surface area contributed by atoms with Gasteiger partial charge in [0.25, 0.3) is 10.0 Å². The molecule has 34 heavy (non-hydrogen) atoms. The normalized spacial score (nSPS) is 24.1. The Kier molecular flexibility index (Phi) is 6.33. The van der Waals surface area contributed by atoms with E-state index in [9.17, 15) is 13.5 Å². The average molecular weight is 481 g/mol. The first-order valence-corrected chi connectivity index (χ1v) is 13.3. The van der Waals surface area contributed by atoms with E-state index in [0.29, 0.717) is 13.1 Å². The maximum Gasteiger partial charge on any atom is 0.262 e. The number of nitrogens with zero attached hydrogens (tertiary/aromatic N) is 4. The molecule has 0 amide bonds. The molecule has 2 aliphatic heterocycles. The van der Waals surface area contributed by atoms with Crippen LogP contribution in [0.2, 0.25) is 0 Å². The molecule has 8 heteroatoms. The minimum atomic E-state index is -3.67. The van der Waals surface area contributed by atoms with Crippen LogP contribution in [-0.4, -0.2) is 70.6 Å². The first-order valence-electron chi connectivity index (χ1n) is 11.9. The number of hydrogen-bond acceptors (Lipinski definition) is 5. The van der Waals surface area contributed by atoms with Crippen LogP contribution in [-0.2, 0) is 17.1 Å². The van der Waals surface area contributed by atoms with Crippen LogP contribution in [0, 0.1) is 6.92 Å². The fraction of sp³-hybridized carbons (Fsp3) is 0.423. The number of hydrogen-bond donors (Lipinski definition) is 1. The number of aryl methyl sites for hydroxylation is 2. The molecule has 1 aromatic heterocycles. The molecule has 180 valence electrons. The van der Waals surface area contributed by atoms with Gasteiger partial charge in [-0.15, -0.1) is 0 Å². The highest BCUT2D eigenvalue weighted by molar-refractivity contribution is 7.89. The third-order valence-corrected chi connectivity index (χ3v) is 9.12. The van der Waals surface area contributed by atoms with E-state index in [1.165, 1.54) is 17.5 Å². The zero-order chi connectivity index (χ0) is 23.9. The molecule has 2 aliphatic rings. The SMILES string of the molecule is Cc1ccccc1-c1ccc([C@H]2[C@H](CO)N3CCCCN(S(=O)(=O)c4cn(C)cn4)C[C@@H]23)cc1. The van der Waals surface area contributed by atoms with Crippen LogP contribution >= 0.6 is 0 Å². The lowest BCUT2D eigenvalue weighted by Gasteiger charge is -2.57. The smallest absolute Gasteiger partial charge is 0.262 e. The molecule has 1 N–H and O–H groups in total. The fourth-order valence-corrected chi connectivity index (χ4v) is 7.03. The summed E-state index contributed by atoms with van der Waals surface area (Å²) in [6.07, 6.45) is 4.78. The molecule has 0 spiro atoms. The van der Waals surface area contributed by atoms with Gasteiger partial charge in [0.15, 0.2) is 5.03 Å². The van der Waals surface area contributed by atoms with Crippen molar-refractivity contribution in [3.8, 4) is 11.1 Å². The minimum absolute atomic E-state index is 0.00631. The highest BCUT2D eigenvalue weighted by Crippen LogP contribution is 2.43. The van der Waals surface area contributed by atoms with Gasteiger partial charge in [0.1, 0.15) is 0 Å². The number of imidazole rings is 1. The van der Waals surface area contributed by atoms with E-state index in [1.54, 1.807) is 22.1 Å². The van der Waals surface area contributed by atoms with Gasteiger partial charge in [0.05, 0.1) is 12.9 Å².